The maximum atomic E-state index is 13.0. The average molecular weight is 962 g/mol. The van der Waals surface area contributed by atoms with E-state index in [0.717, 1.165) is 51.4 Å². The van der Waals surface area contributed by atoms with Crippen molar-refractivity contribution in [2.75, 3.05) is 40.9 Å². The van der Waals surface area contributed by atoms with E-state index in [9.17, 15) is 19.4 Å². The summed E-state index contributed by atoms with van der Waals surface area (Å²) in [5, 5.41) is 13.9. The largest absolute Gasteiger partial charge is 0.472 e. The van der Waals surface area contributed by atoms with Crippen LogP contribution in [0.1, 0.15) is 251 Å². The second-order valence-electron chi connectivity index (χ2n) is 20.3. The molecule has 1 amide bonds. The molecule has 0 fully saturated rings. The Morgan fingerprint density at radius 2 is 0.866 bits per heavy atom. The molecule has 0 aromatic heterocycles. The fraction of sp³-hybridized carbons (Fsp3) is 0.810. The normalized spacial score (nSPS) is 14.4. The van der Waals surface area contributed by atoms with Crippen LogP contribution < -0.4 is 5.32 Å². The quantitative estimate of drug-likeness (QED) is 0.0243. The molecule has 9 heteroatoms. The lowest BCUT2D eigenvalue weighted by Gasteiger charge is -2.25. The van der Waals surface area contributed by atoms with Crippen molar-refractivity contribution in [1.82, 2.24) is 5.32 Å². The van der Waals surface area contributed by atoms with Crippen LogP contribution in [0.25, 0.3) is 0 Å². The maximum Gasteiger partial charge on any atom is 0.472 e. The minimum Gasteiger partial charge on any atom is -0.387 e. The highest BCUT2D eigenvalue weighted by Crippen LogP contribution is 2.43. The Balaban J connectivity index is 4.17. The molecule has 0 aliphatic carbocycles. The lowest BCUT2D eigenvalue weighted by Crippen LogP contribution is -2.45. The third-order valence-corrected chi connectivity index (χ3v) is 13.4. The average Bonchev–Trinajstić information content (AvgIpc) is 3.29. The summed E-state index contributed by atoms with van der Waals surface area (Å²) in [6, 6.07) is -0.870. The van der Waals surface area contributed by atoms with Crippen molar-refractivity contribution in [1.29, 1.82) is 0 Å². The molecule has 0 saturated carbocycles. The van der Waals surface area contributed by atoms with Crippen molar-refractivity contribution >= 4 is 13.7 Å². The number of hydrogen-bond acceptors (Lipinski definition) is 5. The molecule has 0 spiro atoms. The van der Waals surface area contributed by atoms with E-state index in [1.165, 1.54) is 180 Å². The minimum atomic E-state index is -4.36. The topological polar surface area (TPSA) is 105 Å². The van der Waals surface area contributed by atoms with Crippen molar-refractivity contribution in [3.8, 4) is 0 Å². The van der Waals surface area contributed by atoms with Crippen molar-refractivity contribution in [2.24, 2.45) is 0 Å². The molecule has 392 valence electrons. The molecule has 0 rings (SSSR count). The first-order valence-electron chi connectivity index (χ1n) is 28.2. The molecule has 3 unspecified atom stereocenters. The first kappa shape index (κ1) is 65.2. The molecule has 0 radical (unpaired) electrons. The molecular formula is C58H110N2O6P+. The van der Waals surface area contributed by atoms with E-state index in [1.54, 1.807) is 6.08 Å². The van der Waals surface area contributed by atoms with E-state index in [1.807, 2.05) is 27.2 Å². The number of carbonyl (C=O) groups excluding carboxylic acids is 1. The van der Waals surface area contributed by atoms with Crippen LogP contribution in [0.15, 0.2) is 60.8 Å². The molecule has 0 aromatic rings. The Bertz CT molecular complexity index is 1270. The highest BCUT2D eigenvalue weighted by Gasteiger charge is 2.27. The van der Waals surface area contributed by atoms with Gasteiger partial charge in [-0.3, -0.25) is 13.8 Å². The van der Waals surface area contributed by atoms with Crippen LogP contribution in [-0.4, -0.2) is 73.4 Å². The molecule has 8 nitrogen and oxygen atoms in total. The van der Waals surface area contributed by atoms with Crippen LogP contribution in [0.2, 0.25) is 0 Å². The van der Waals surface area contributed by atoms with Crippen LogP contribution in [0, 0.1) is 0 Å². The van der Waals surface area contributed by atoms with Gasteiger partial charge in [-0.05, 0) is 77.0 Å². The standard InChI is InChI=1S/C58H109N2O6P/c1-6-8-10-12-14-16-18-20-22-24-25-26-27-28-29-30-31-32-33-34-35-36-38-40-42-44-46-48-50-52-58(62)59-56(55-66-67(63,64)65-54-53-60(3,4)5)57(61)51-49-47-45-43-41-39-37-23-21-19-17-15-13-11-9-7-2/h18,20-21,23-25,41,43,49,51,56-57,61H,6-17,19,22,26-40,42,44-48,50,52-55H2,1-5H3,(H-,59,62,63,64)/p+1/b20-18-,23-21+,25-24-,43-41+,51-49+. The molecule has 3 atom stereocenters. The Hall–Kier alpha value is -1.80. The zero-order chi connectivity index (χ0) is 49.2. The number of unbranched alkanes of at least 4 members (excludes halogenated alkanes) is 30. The van der Waals surface area contributed by atoms with Gasteiger partial charge in [0.25, 0.3) is 0 Å². The molecule has 3 N–H and O–H groups in total. The van der Waals surface area contributed by atoms with E-state index in [0.29, 0.717) is 17.4 Å². The fourth-order valence-electron chi connectivity index (χ4n) is 7.99. The number of phosphoric ester groups is 1. The summed E-state index contributed by atoms with van der Waals surface area (Å²) in [5.41, 5.74) is 0. The molecule has 0 bridgehead atoms. The second-order valence-corrected chi connectivity index (χ2v) is 21.7. The van der Waals surface area contributed by atoms with Gasteiger partial charge in [0.05, 0.1) is 39.9 Å². The number of likely N-dealkylation sites (N-methyl/N-ethyl adjacent to an activating group) is 1. The van der Waals surface area contributed by atoms with Gasteiger partial charge in [0.1, 0.15) is 13.2 Å². The van der Waals surface area contributed by atoms with Crippen LogP contribution in [0.3, 0.4) is 0 Å². The van der Waals surface area contributed by atoms with Gasteiger partial charge in [0.2, 0.25) is 5.91 Å². The summed E-state index contributed by atoms with van der Waals surface area (Å²) < 4.78 is 23.6. The van der Waals surface area contributed by atoms with Crippen molar-refractivity contribution in [3.63, 3.8) is 0 Å². The van der Waals surface area contributed by atoms with Gasteiger partial charge in [-0.25, -0.2) is 4.57 Å². The van der Waals surface area contributed by atoms with Gasteiger partial charge in [-0.1, -0.05) is 229 Å². The fourth-order valence-corrected chi connectivity index (χ4v) is 8.72. The monoisotopic (exact) mass is 962 g/mol. The van der Waals surface area contributed by atoms with Crippen molar-refractivity contribution < 1.29 is 32.9 Å². The van der Waals surface area contributed by atoms with Crippen LogP contribution in [0.4, 0.5) is 0 Å². The van der Waals surface area contributed by atoms with Gasteiger partial charge in [-0.2, -0.15) is 0 Å². The third-order valence-electron chi connectivity index (χ3n) is 12.4. The lowest BCUT2D eigenvalue weighted by atomic mass is 10.0. The maximum absolute atomic E-state index is 13.0. The van der Waals surface area contributed by atoms with Gasteiger partial charge in [0.15, 0.2) is 0 Å². The van der Waals surface area contributed by atoms with E-state index >= 15 is 0 Å². The van der Waals surface area contributed by atoms with Crippen LogP contribution in [-0.2, 0) is 18.4 Å². The Labute approximate surface area is 415 Å². The number of nitrogens with zero attached hydrogens (tertiary/aromatic N) is 1. The number of phosphoric acid groups is 1. The number of aliphatic hydroxyl groups excluding tert-OH is 1. The van der Waals surface area contributed by atoms with E-state index in [2.05, 4.69) is 67.8 Å². The number of aliphatic hydroxyl groups is 1. The van der Waals surface area contributed by atoms with Gasteiger partial charge in [-0.15, -0.1) is 0 Å². The zero-order valence-corrected chi connectivity index (χ0v) is 45.5. The lowest BCUT2D eigenvalue weighted by molar-refractivity contribution is -0.870. The zero-order valence-electron chi connectivity index (χ0n) is 44.6. The number of allylic oxidation sites excluding steroid dienone is 9. The number of amides is 1. The highest BCUT2D eigenvalue weighted by molar-refractivity contribution is 7.47. The second kappa shape index (κ2) is 49.2. The summed E-state index contributed by atoms with van der Waals surface area (Å²) in [7, 11) is 1.55. The molecule has 0 aliphatic heterocycles. The molecule has 0 heterocycles. The minimum absolute atomic E-state index is 0.0527. The first-order chi connectivity index (χ1) is 32.5. The number of carbonyl (C=O) groups is 1. The summed E-state index contributed by atoms with van der Waals surface area (Å²) >= 11 is 0. The number of rotatable bonds is 51. The molecule has 0 aromatic carbocycles. The molecule has 67 heavy (non-hydrogen) atoms. The summed E-state index contributed by atoms with van der Waals surface area (Å²) in [5.74, 6) is -0.190. The smallest absolute Gasteiger partial charge is 0.387 e. The highest BCUT2D eigenvalue weighted by atomic mass is 31.2. The first-order valence-corrected chi connectivity index (χ1v) is 29.7. The third kappa shape index (κ3) is 51.9. The van der Waals surface area contributed by atoms with Crippen LogP contribution >= 0.6 is 7.82 Å². The molecule has 0 aliphatic rings. The Kier molecular flexibility index (Phi) is 47.9. The van der Waals surface area contributed by atoms with E-state index < -0.39 is 20.0 Å². The van der Waals surface area contributed by atoms with Gasteiger partial charge >= 0.3 is 7.82 Å². The van der Waals surface area contributed by atoms with E-state index in [4.69, 9.17) is 9.05 Å². The molecular weight excluding hydrogens is 852 g/mol. The van der Waals surface area contributed by atoms with Crippen molar-refractivity contribution in [2.45, 2.75) is 264 Å². The van der Waals surface area contributed by atoms with Gasteiger partial charge in [0, 0.05) is 6.42 Å². The van der Waals surface area contributed by atoms with Crippen LogP contribution in [0.5, 0.6) is 0 Å². The Morgan fingerprint density at radius 3 is 1.28 bits per heavy atom. The number of quaternary nitrogens is 1. The summed E-state index contributed by atoms with van der Waals surface area (Å²) in [4.78, 5) is 23.3. The predicted molar refractivity (Wildman–Crippen MR) is 290 cm³/mol. The summed E-state index contributed by atoms with van der Waals surface area (Å²) in [6.07, 6.45) is 66.1. The van der Waals surface area contributed by atoms with Crippen molar-refractivity contribution in [3.05, 3.63) is 60.8 Å². The molecule has 0 saturated heterocycles. The predicted octanol–water partition coefficient (Wildman–Crippen LogP) is 16.9. The SMILES string of the molecule is CCCCCCC/C=C\C/C=C\CCCCCCCCCCCCCCCCCCCC(=O)NC(COP(=O)(O)OCC[N+](C)(C)C)C(O)/C=C/CC/C=C/CC/C=C/CCCCCCCC. The Morgan fingerprint density at radius 1 is 0.507 bits per heavy atom. The number of nitrogens with one attached hydrogen (secondary N) is 1. The van der Waals surface area contributed by atoms with E-state index in [-0.39, 0.29) is 19.1 Å². The van der Waals surface area contributed by atoms with Gasteiger partial charge < -0.3 is 19.8 Å². The number of hydrogen-bond donors (Lipinski definition) is 3. The summed E-state index contributed by atoms with van der Waals surface area (Å²) in [6.45, 7) is 4.78.